The third-order valence-electron chi connectivity index (χ3n) is 2.33. The number of carbonyl (C=O) groups is 1. The van der Waals surface area contributed by atoms with Crippen molar-refractivity contribution in [2.75, 3.05) is 0 Å². The van der Waals surface area contributed by atoms with Crippen LogP contribution in [0.15, 0.2) is 18.2 Å². The van der Waals surface area contributed by atoms with Gasteiger partial charge in [0.1, 0.15) is 17.6 Å². The van der Waals surface area contributed by atoms with E-state index >= 15 is 0 Å². The SMILES string of the molecule is CC(NC(C)c1ccc(F)cc1O)C(=O)O. The lowest BCUT2D eigenvalue weighted by atomic mass is 10.1. The maximum atomic E-state index is 12.7. The number of aliphatic carboxylic acids is 1. The lowest BCUT2D eigenvalue weighted by Gasteiger charge is -2.18. The molecule has 0 aliphatic heterocycles. The largest absolute Gasteiger partial charge is 0.508 e. The molecule has 0 aromatic heterocycles. The Morgan fingerprint density at radius 2 is 2.06 bits per heavy atom. The van der Waals surface area contributed by atoms with E-state index in [1.807, 2.05) is 0 Å². The Balaban J connectivity index is 2.80. The van der Waals surface area contributed by atoms with Gasteiger partial charge in [-0.15, -0.1) is 0 Å². The molecule has 3 N–H and O–H groups in total. The van der Waals surface area contributed by atoms with Crippen molar-refractivity contribution in [3.8, 4) is 5.75 Å². The summed E-state index contributed by atoms with van der Waals surface area (Å²) in [6, 6.07) is 2.54. The van der Waals surface area contributed by atoms with Crippen LogP contribution in [0.3, 0.4) is 0 Å². The van der Waals surface area contributed by atoms with Gasteiger partial charge in [-0.2, -0.15) is 0 Å². The van der Waals surface area contributed by atoms with Crippen LogP contribution in [0.4, 0.5) is 4.39 Å². The van der Waals surface area contributed by atoms with Crippen LogP contribution in [0.5, 0.6) is 5.75 Å². The zero-order chi connectivity index (χ0) is 12.3. The summed E-state index contributed by atoms with van der Waals surface area (Å²) in [7, 11) is 0. The minimum atomic E-state index is -0.978. The molecule has 5 heteroatoms. The number of phenols is 1. The third kappa shape index (κ3) is 2.93. The van der Waals surface area contributed by atoms with Crippen LogP contribution in [0, 0.1) is 5.82 Å². The van der Waals surface area contributed by atoms with E-state index in [1.165, 1.54) is 19.1 Å². The van der Waals surface area contributed by atoms with Gasteiger partial charge >= 0.3 is 5.97 Å². The van der Waals surface area contributed by atoms with Crippen LogP contribution < -0.4 is 5.32 Å². The van der Waals surface area contributed by atoms with Crippen molar-refractivity contribution in [1.82, 2.24) is 5.32 Å². The molecule has 0 aliphatic rings. The number of carboxylic acid groups (broad SMARTS) is 1. The Labute approximate surface area is 92.7 Å². The van der Waals surface area contributed by atoms with E-state index in [2.05, 4.69) is 5.32 Å². The molecule has 1 rings (SSSR count). The first-order valence-corrected chi connectivity index (χ1v) is 4.89. The van der Waals surface area contributed by atoms with E-state index in [0.717, 1.165) is 6.07 Å². The summed E-state index contributed by atoms with van der Waals surface area (Å²) in [5.41, 5.74) is 0.467. The van der Waals surface area contributed by atoms with E-state index in [1.54, 1.807) is 6.92 Å². The molecule has 0 amide bonds. The molecule has 0 aliphatic carbocycles. The highest BCUT2D eigenvalue weighted by Gasteiger charge is 2.17. The Bertz CT molecular complexity index is 395. The van der Waals surface area contributed by atoms with Crippen molar-refractivity contribution in [2.24, 2.45) is 0 Å². The van der Waals surface area contributed by atoms with E-state index < -0.39 is 17.8 Å². The van der Waals surface area contributed by atoms with Crippen LogP contribution in [-0.2, 0) is 4.79 Å². The van der Waals surface area contributed by atoms with Gasteiger partial charge in [-0.3, -0.25) is 10.1 Å². The second kappa shape index (κ2) is 4.94. The van der Waals surface area contributed by atoms with Crippen molar-refractivity contribution < 1.29 is 19.4 Å². The van der Waals surface area contributed by atoms with Gasteiger partial charge in [-0.25, -0.2) is 4.39 Å². The highest BCUT2D eigenvalue weighted by Crippen LogP contribution is 2.24. The Hall–Kier alpha value is -1.62. The monoisotopic (exact) mass is 227 g/mol. The number of rotatable bonds is 4. The average Bonchev–Trinajstić information content (AvgIpc) is 2.16. The smallest absolute Gasteiger partial charge is 0.320 e. The topological polar surface area (TPSA) is 69.6 Å². The van der Waals surface area contributed by atoms with Gasteiger partial charge in [0.2, 0.25) is 0 Å². The third-order valence-corrected chi connectivity index (χ3v) is 2.33. The number of hydrogen-bond acceptors (Lipinski definition) is 3. The van der Waals surface area contributed by atoms with E-state index in [-0.39, 0.29) is 11.8 Å². The average molecular weight is 227 g/mol. The van der Waals surface area contributed by atoms with Crippen LogP contribution in [0.1, 0.15) is 25.5 Å². The minimum Gasteiger partial charge on any atom is -0.508 e. The van der Waals surface area contributed by atoms with Crippen molar-refractivity contribution >= 4 is 5.97 Å². The molecule has 2 unspecified atom stereocenters. The number of hydrogen-bond donors (Lipinski definition) is 3. The number of phenolic OH excluding ortho intramolecular Hbond substituents is 1. The highest BCUT2D eigenvalue weighted by molar-refractivity contribution is 5.72. The minimum absolute atomic E-state index is 0.183. The normalized spacial score (nSPS) is 14.4. The molecule has 0 spiro atoms. The predicted molar refractivity (Wildman–Crippen MR) is 56.7 cm³/mol. The van der Waals surface area contributed by atoms with E-state index in [9.17, 15) is 14.3 Å². The Morgan fingerprint density at radius 1 is 1.44 bits per heavy atom. The Morgan fingerprint density at radius 3 is 2.56 bits per heavy atom. The lowest BCUT2D eigenvalue weighted by Crippen LogP contribution is -2.35. The van der Waals surface area contributed by atoms with Gasteiger partial charge in [-0.1, -0.05) is 6.07 Å². The van der Waals surface area contributed by atoms with Gasteiger partial charge in [0, 0.05) is 17.7 Å². The van der Waals surface area contributed by atoms with Crippen molar-refractivity contribution in [2.45, 2.75) is 25.9 Å². The molecule has 1 aromatic carbocycles. The maximum Gasteiger partial charge on any atom is 0.320 e. The number of aromatic hydroxyl groups is 1. The van der Waals surface area contributed by atoms with Crippen molar-refractivity contribution in [3.05, 3.63) is 29.6 Å². The summed E-state index contributed by atoms with van der Waals surface area (Å²) in [5, 5.41) is 21.0. The Kier molecular flexibility index (Phi) is 3.84. The molecule has 0 heterocycles. The number of halogens is 1. The van der Waals surface area contributed by atoms with Gasteiger partial charge in [-0.05, 0) is 19.9 Å². The van der Waals surface area contributed by atoms with Gasteiger partial charge in [0.25, 0.3) is 0 Å². The predicted octanol–water partition coefficient (Wildman–Crippen LogP) is 1.65. The quantitative estimate of drug-likeness (QED) is 0.731. The van der Waals surface area contributed by atoms with Crippen LogP contribution >= 0.6 is 0 Å². The summed E-state index contributed by atoms with van der Waals surface area (Å²) >= 11 is 0. The molecule has 0 bridgehead atoms. The van der Waals surface area contributed by atoms with Gasteiger partial charge < -0.3 is 10.2 Å². The molecular formula is C11H14FNO3. The maximum absolute atomic E-state index is 12.7. The lowest BCUT2D eigenvalue weighted by molar-refractivity contribution is -0.139. The number of benzene rings is 1. The van der Waals surface area contributed by atoms with Crippen molar-refractivity contribution in [3.63, 3.8) is 0 Å². The van der Waals surface area contributed by atoms with E-state index in [4.69, 9.17) is 5.11 Å². The summed E-state index contributed by atoms with van der Waals surface area (Å²) in [5.74, 6) is -1.69. The fourth-order valence-corrected chi connectivity index (χ4v) is 1.42. The first kappa shape index (κ1) is 12.4. The van der Waals surface area contributed by atoms with Crippen LogP contribution in [0.25, 0.3) is 0 Å². The molecule has 0 saturated carbocycles. The zero-order valence-electron chi connectivity index (χ0n) is 9.07. The van der Waals surface area contributed by atoms with Gasteiger partial charge in [0.05, 0.1) is 0 Å². The molecular weight excluding hydrogens is 213 g/mol. The standard InChI is InChI=1S/C11H14FNO3/c1-6(13-7(2)11(15)16)9-4-3-8(12)5-10(9)14/h3-7,13-14H,1-2H3,(H,15,16). The number of nitrogens with one attached hydrogen (secondary N) is 1. The first-order chi connectivity index (χ1) is 7.41. The summed E-state index contributed by atoms with van der Waals surface area (Å²) in [6.07, 6.45) is 0. The summed E-state index contributed by atoms with van der Waals surface area (Å²) in [6.45, 7) is 3.20. The summed E-state index contributed by atoms with van der Waals surface area (Å²) < 4.78 is 12.7. The molecule has 0 saturated heterocycles. The molecule has 2 atom stereocenters. The first-order valence-electron chi connectivity index (χ1n) is 4.89. The van der Waals surface area contributed by atoms with Crippen LogP contribution in [0.2, 0.25) is 0 Å². The molecule has 16 heavy (non-hydrogen) atoms. The second-order valence-electron chi connectivity index (χ2n) is 3.65. The fourth-order valence-electron chi connectivity index (χ4n) is 1.42. The molecule has 88 valence electrons. The van der Waals surface area contributed by atoms with Crippen molar-refractivity contribution in [1.29, 1.82) is 0 Å². The summed E-state index contributed by atoms with van der Waals surface area (Å²) in [4.78, 5) is 10.6. The second-order valence-corrected chi connectivity index (χ2v) is 3.65. The van der Waals surface area contributed by atoms with Gasteiger partial charge in [0.15, 0.2) is 0 Å². The molecule has 0 fully saturated rings. The number of carboxylic acids is 1. The molecule has 1 aromatic rings. The van der Waals surface area contributed by atoms with Crippen LogP contribution in [-0.4, -0.2) is 22.2 Å². The van der Waals surface area contributed by atoms with E-state index in [0.29, 0.717) is 5.56 Å². The highest BCUT2D eigenvalue weighted by atomic mass is 19.1. The molecule has 0 radical (unpaired) electrons. The zero-order valence-corrected chi connectivity index (χ0v) is 9.07. The molecule has 4 nitrogen and oxygen atoms in total. The fraction of sp³-hybridized carbons (Fsp3) is 0.364.